The van der Waals surface area contributed by atoms with Gasteiger partial charge < -0.3 is 10.1 Å². The van der Waals surface area contributed by atoms with Crippen LogP contribution in [0.15, 0.2) is 11.0 Å². The first-order valence-corrected chi connectivity index (χ1v) is 2.90. The predicted molar refractivity (Wildman–Crippen MR) is 36.2 cm³/mol. The van der Waals surface area contributed by atoms with E-state index >= 15 is 0 Å². The normalized spacial score (nSPS) is 10.5. The van der Waals surface area contributed by atoms with Crippen molar-refractivity contribution in [3.05, 3.63) is 16.4 Å². The zero-order valence-electron chi connectivity index (χ0n) is 5.33. The highest BCUT2D eigenvalue weighted by Crippen LogP contribution is 2.02. The molecular formula is C5H4N4O2. The molecule has 0 saturated carbocycles. The van der Waals surface area contributed by atoms with Crippen molar-refractivity contribution >= 4 is 11.2 Å². The van der Waals surface area contributed by atoms with Crippen LogP contribution in [0.3, 0.4) is 0 Å². The number of pyridine rings is 1. The molecule has 0 aliphatic heterocycles. The van der Waals surface area contributed by atoms with Gasteiger partial charge in [-0.05, 0) is 0 Å². The summed E-state index contributed by atoms with van der Waals surface area (Å²) in [6.45, 7) is 0. The highest BCUT2D eigenvalue weighted by Gasteiger charge is 2.05. The van der Waals surface area contributed by atoms with E-state index in [2.05, 4.69) is 20.4 Å². The molecular weight excluding hydrogens is 148 g/mol. The summed E-state index contributed by atoms with van der Waals surface area (Å²) in [7, 11) is 0. The average Bonchev–Trinajstić information content (AvgIpc) is 2.45. The summed E-state index contributed by atoms with van der Waals surface area (Å²) in [6, 6.07) is 0. The van der Waals surface area contributed by atoms with Crippen LogP contribution in [0.2, 0.25) is 0 Å². The molecule has 0 aliphatic carbocycles. The third-order valence-corrected chi connectivity index (χ3v) is 1.34. The number of aromatic amines is 2. The molecule has 0 amide bonds. The number of aromatic nitrogens is 4. The molecule has 0 radical (unpaired) electrons. The Bertz CT molecular complexity index is 443. The van der Waals surface area contributed by atoms with E-state index in [1.807, 2.05) is 0 Å². The van der Waals surface area contributed by atoms with Gasteiger partial charge in [0.2, 0.25) is 0 Å². The predicted octanol–water partition coefficient (Wildman–Crippen LogP) is -0.648. The van der Waals surface area contributed by atoms with Gasteiger partial charge in [0.25, 0.3) is 5.43 Å². The van der Waals surface area contributed by atoms with E-state index in [0.29, 0.717) is 5.65 Å². The minimum absolute atomic E-state index is 0.116. The Morgan fingerprint density at radius 2 is 2.27 bits per heavy atom. The van der Waals surface area contributed by atoms with E-state index in [-0.39, 0.29) is 11.3 Å². The largest absolute Gasteiger partial charge is 0.503 e. The van der Waals surface area contributed by atoms with Gasteiger partial charge in [-0.3, -0.25) is 4.79 Å². The lowest BCUT2D eigenvalue weighted by atomic mass is 10.4. The van der Waals surface area contributed by atoms with Crippen LogP contribution < -0.4 is 5.43 Å². The summed E-state index contributed by atoms with van der Waals surface area (Å²) in [5.41, 5.74) is -0.0645. The number of fused-ring (bicyclic) bond motifs is 1. The van der Waals surface area contributed by atoms with E-state index in [0.717, 1.165) is 0 Å². The van der Waals surface area contributed by atoms with Crippen molar-refractivity contribution in [1.29, 1.82) is 0 Å². The number of nitrogens with zero attached hydrogens (tertiary/aromatic N) is 2. The first-order valence-electron chi connectivity index (χ1n) is 2.90. The van der Waals surface area contributed by atoms with Gasteiger partial charge in [0, 0.05) is 6.20 Å². The minimum atomic E-state index is -0.521. The molecule has 2 heterocycles. The van der Waals surface area contributed by atoms with Gasteiger partial charge in [-0.1, -0.05) is 0 Å². The molecule has 56 valence electrons. The summed E-state index contributed by atoms with van der Waals surface area (Å²) >= 11 is 0. The molecule has 11 heavy (non-hydrogen) atoms. The summed E-state index contributed by atoms with van der Waals surface area (Å²) in [5.74, 6) is -0.355. The lowest BCUT2D eigenvalue weighted by molar-refractivity contribution is 0.469. The summed E-state index contributed by atoms with van der Waals surface area (Å²) in [4.78, 5) is 13.6. The maximum absolute atomic E-state index is 11.0. The molecule has 0 aromatic carbocycles. The van der Waals surface area contributed by atoms with Crippen molar-refractivity contribution in [2.75, 3.05) is 0 Å². The van der Waals surface area contributed by atoms with Gasteiger partial charge in [0.05, 0.1) is 0 Å². The van der Waals surface area contributed by atoms with Crippen LogP contribution in [0.4, 0.5) is 0 Å². The number of hydrogen-bond donors (Lipinski definition) is 3. The van der Waals surface area contributed by atoms with E-state index in [4.69, 9.17) is 5.11 Å². The molecule has 0 saturated heterocycles. The number of aromatic hydroxyl groups is 1. The quantitative estimate of drug-likeness (QED) is 0.467. The lowest BCUT2D eigenvalue weighted by Gasteiger charge is -1.87. The van der Waals surface area contributed by atoms with Gasteiger partial charge in [0.1, 0.15) is 0 Å². The fourth-order valence-corrected chi connectivity index (χ4v) is 0.813. The molecule has 0 fully saturated rings. The van der Waals surface area contributed by atoms with E-state index in [1.54, 1.807) is 0 Å². The van der Waals surface area contributed by atoms with Gasteiger partial charge >= 0.3 is 0 Å². The smallest absolute Gasteiger partial charge is 0.252 e. The van der Waals surface area contributed by atoms with Crippen LogP contribution in [0.25, 0.3) is 11.2 Å². The van der Waals surface area contributed by atoms with Crippen molar-refractivity contribution in [3.8, 4) is 5.75 Å². The zero-order valence-corrected chi connectivity index (χ0v) is 5.33. The second-order valence-electron chi connectivity index (χ2n) is 2.02. The Labute approximate surface area is 59.9 Å². The van der Waals surface area contributed by atoms with Crippen molar-refractivity contribution in [3.63, 3.8) is 0 Å². The van der Waals surface area contributed by atoms with Crippen LogP contribution in [-0.2, 0) is 0 Å². The first-order chi connectivity index (χ1) is 5.29. The van der Waals surface area contributed by atoms with Gasteiger partial charge in [-0.25, -0.2) is 0 Å². The minimum Gasteiger partial charge on any atom is -0.503 e. The molecule has 3 N–H and O–H groups in total. The van der Waals surface area contributed by atoms with Gasteiger partial charge in [-0.2, -0.15) is 10.3 Å². The summed E-state index contributed by atoms with van der Waals surface area (Å²) in [5, 5.41) is 18.3. The Kier molecular flexibility index (Phi) is 0.974. The molecule has 0 bridgehead atoms. The monoisotopic (exact) mass is 152 g/mol. The summed E-state index contributed by atoms with van der Waals surface area (Å²) < 4.78 is 0. The second-order valence-corrected chi connectivity index (χ2v) is 2.02. The highest BCUT2D eigenvalue weighted by molar-refractivity contribution is 5.69. The van der Waals surface area contributed by atoms with Crippen molar-refractivity contribution < 1.29 is 5.11 Å². The Hall–Kier alpha value is -1.85. The number of H-pyrrole nitrogens is 2. The second kappa shape index (κ2) is 1.82. The zero-order chi connectivity index (χ0) is 7.84. The Morgan fingerprint density at radius 1 is 1.45 bits per heavy atom. The maximum atomic E-state index is 11.0. The van der Waals surface area contributed by atoms with E-state index in [9.17, 15) is 4.79 Å². The van der Waals surface area contributed by atoms with Gasteiger partial charge in [0.15, 0.2) is 16.9 Å². The molecule has 2 aromatic heterocycles. The van der Waals surface area contributed by atoms with Crippen LogP contribution in [-0.4, -0.2) is 25.5 Å². The van der Waals surface area contributed by atoms with Crippen LogP contribution in [0, 0.1) is 0 Å². The van der Waals surface area contributed by atoms with E-state index < -0.39 is 5.43 Å². The van der Waals surface area contributed by atoms with Crippen molar-refractivity contribution in [2.24, 2.45) is 0 Å². The topological polar surface area (TPSA) is 94.7 Å². The molecule has 6 heteroatoms. The van der Waals surface area contributed by atoms with Crippen LogP contribution >= 0.6 is 0 Å². The van der Waals surface area contributed by atoms with Gasteiger partial charge in [-0.15, -0.1) is 5.10 Å². The average molecular weight is 152 g/mol. The Balaban J connectivity index is 3.05. The third-order valence-electron chi connectivity index (χ3n) is 1.34. The summed E-state index contributed by atoms with van der Waals surface area (Å²) in [6.07, 6.45) is 1.17. The Morgan fingerprint density at radius 3 is 3.09 bits per heavy atom. The SMILES string of the molecule is O=c1c(O)c[nH]c2n[nH]nc12. The number of nitrogens with one attached hydrogen (secondary N) is 2. The molecule has 0 aliphatic rings. The van der Waals surface area contributed by atoms with Crippen LogP contribution in [0.5, 0.6) is 5.75 Å². The molecule has 6 nitrogen and oxygen atoms in total. The fraction of sp³-hybridized carbons (Fsp3) is 0. The van der Waals surface area contributed by atoms with E-state index in [1.165, 1.54) is 6.20 Å². The third kappa shape index (κ3) is 0.689. The molecule has 0 atom stereocenters. The number of hydrogen-bond acceptors (Lipinski definition) is 4. The molecule has 2 aromatic rings. The van der Waals surface area contributed by atoms with Crippen molar-refractivity contribution in [2.45, 2.75) is 0 Å². The molecule has 2 rings (SSSR count). The van der Waals surface area contributed by atoms with Crippen molar-refractivity contribution in [1.82, 2.24) is 20.4 Å². The van der Waals surface area contributed by atoms with Crippen LogP contribution in [0.1, 0.15) is 0 Å². The molecule has 0 unspecified atom stereocenters. The first kappa shape index (κ1) is 5.90. The number of rotatable bonds is 0. The lowest BCUT2D eigenvalue weighted by Crippen LogP contribution is -2.01. The standard InChI is InChI=1S/C5H4N4O2/c10-2-1-6-5-3(4(2)11)7-9-8-5/h1,10H,(H2,6,7,8,9,11). The molecule has 0 spiro atoms. The fourth-order valence-electron chi connectivity index (χ4n) is 0.813. The maximum Gasteiger partial charge on any atom is 0.252 e. The highest BCUT2D eigenvalue weighted by atomic mass is 16.3.